The molecule has 2 heteroatoms. The van der Waals surface area contributed by atoms with E-state index in [4.69, 9.17) is 0 Å². The lowest BCUT2D eigenvalue weighted by atomic mass is 10.0. The second-order valence-electron chi connectivity index (χ2n) is 3.12. The Labute approximate surface area is 75.9 Å². The Morgan fingerprint density at radius 3 is 2.77 bits per heavy atom. The summed E-state index contributed by atoms with van der Waals surface area (Å²) in [6.07, 6.45) is 1.86. The van der Waals surface area contributed by atoms with Crippen LogP contribution in [0.2, 0.25) is 0 Å². The highest BCUT2D eigenvalue weighted by molar-refractivity contribution is 6.08. The topological polar surface area (TPSA) is 24.4 Å². The van der Waals surface area contributed by atoms with E-state index in [0.717, 1.165) is 5.69 Å². The molecule has 0 spiro atoms. The van der Waals surface area contributed by atoms with Crippen LogP contribution in [0.3, 0.4) is 0 Å². The molecule has 0 bridgehead atoms. The third kappa shape index (κ3) is 0.855. The molecule has 1 N–H and O–H groups in total. The summed E-state index contributed by atoms with van der Waals surface area (Å²) < 4.78 is 0. The van der Waals surface area contributed by atoms with E-state index in [0.29, 0.717) is 0 Å². The number of hydrazone groups is 1. The largest absolute Gasteiger partial charge is 0.278 e. The van der Waals surface area contributed by atoms with Crippen molar-refractivity contribution in [2.24, 2.45) is 5.10 Å². The summed E-state index contributed by atoms with van der Waals surface area (Å²) in [6, 6.07) is 12.4. The first-order valence-electron chi connectivity index (χ1n) is 4.26. The zero-order valence-electron chi connectivity index (χ0n) is 6.99. The van der Waals surface area contributed by atoms with Gasteiger partial charge in [-0.15, -0.1) is 0 Å². The van der Waals surface area contributed by atoms with Crippen LogP contribution in [-0.2, 0) is 0 Å². The minimum Gasteiger partial charge on any atom is -0.278 e. The molecular weight excluding hydrogens is 160 g/mol. The maximum atomic E-state index is 4.07. The summed E-state index contributed by atoms with van der Waals surface area (Å²) in [6.45, 7) is 0. The number of anilines is 1. The third-order valence-corrected chi connectivity index (χ3v) is 2.33. The SMILES string of the molecule is C1=NNc2cccc3cccc1c23. The molecule has 0 unspecified atom stereocenters. The first-order chi connectivity index (χ1) is 6.45. The van der Waals surface area contributed by atoms with Gasteiger partial charge in [0.1, 0.15) is 0 Å². The van der Waals surface area contributed by atoms with Gasteiger partial charge in [-0.25, -0.2) is 0 Å². The van der Waals surface area contributed by atoms with Crippen LogP contribution in [0.1, 0.15) is 5.56 Å². The first-order valence-corrected chi connectivity index (χ1v) is 4.26. The Balaban J connectivity index is 2.56. The number of benzene rings is 2. The molecule has 1 heterocycles. The van der Waals surface area contributed by atoms with Crippen molar-refractivity contribution >= 4 is 22.7 Å². The normalized spacial score (nSPS) is 12.9. The van der Waals surface area contributed by atoms with Crippen LogP contribution in [0.25, 0.3) is 10.8 Å². The minimum atomic E-state index is 1.09. The molecule has 0 fully saturated rings. The van der Waals surface area contributed by atoms with E-state index in [1.165, 1.54) is 16.3 Å². The number of hydrogen-bond acceptors (Lipinski definition) is 2. The van der Waals surface area contributed by atoms with Crippen molar-refractivity contribution in [2.75, 3.05) is 5.43 Å². The van der Waals surface area contributed by atoms with Gasteiger partial charge in [0.05, 0.1) is 11.9 Å². The summed E-state index contributed by atoms with van der Waals surface area (Å²) in [5, 5.41) is 6.59. The van der Waals surface area contributed by atoms with E-state index in [-0.39, 0.29) is 0 Å². The van der Waals surface area contributed by atoms with Gasteiger partial charge in [-0.2, -0.15) is 5.10 Å². The quantitative estimate of drug-likeness (QED) is 0.642. The van der Waals surface area contributed by atoms with Crippen molar-refractivity contribution in [3.05, 3.63) is 42.0 Å². The predicted octanol–water partition coefficient (Wildman–Crippen LogP) is 2.60. The van der Waals surface area contributed by atoms with Crippen molar-refractivity contribution < 1.29 is 0 Å². The number of rotatable bonds is 0. The van der Waals surface area contributed by atoms with Gasteiger partial charge in [-0.1, -0.05) is 30.3 Å². The Hall–Kier alpha value is -1.83. The maximum absolute atomic E-state index is 4.07. The molecule has 0 aliphatic carbocycles. The first kappa shape index (κ1) is 6.66. The van der Waals surface area contributed by atoms with Crippen LogP contribution >= 0.6 is 0 Å². The Morgan fingerprint density at radius 1 is 1.00 bits per heavy atom. The van der Waals surface area contributed by atoms with Gasteiger partial charge in [0, 0.05) is 10.9 Å². The molecule has 0 saturated heterocycles. The van der Waals surface area contributed by atoms with Gasteiger partial charge in [-0.3, -0.25) is 5.43 Å². The van der Waals surface area contributed by atoms with E-state index in [2.05, 4.69) is 34.8 Å². The Morgan fingerprint density at radius 2 is 1.85 bits per heavy atom. The van der Waals surface area contributed by atoms with E-state index in [1.807, 2.05) is 18.3 Å². The average molecular weight is 168 g/mol. The monoisotopic (exact) mass is 168 g/mol. The highest BCUT2D eigenvalue weighted by Gasteiger charge is 2.06. The van der Waals surface area contributed by atoms with E-state index >= 15 is 0 Å². The van der Waals surface area contributed by atoms with Gasteiger partial charge >= 0.3 is 0 Å². The lowest BCUT2D eigenvalue weighted by Gasteiger charge is -2.12. The summed E-state index contributed by atoms with van der Waals surface area (Å²) >= 11 is 0. The molecule has 3 rings (SSSR count). The maximum Gasteiger partial charge on any atom is 0.0646 e. The van der Waals surface area contributed by atoms with E-state index in [1.54, 1.807) is 0 Å². The van der Waals surface area contributed by atoms with Crippen LogP contribution in [-0.4, -0.2) is 6.21 Å². The summed E-state index contributed by atoms with van der Waals surface area (Å²) in [5.41, 5.74) is 5.28. The van der Waals surface area contributed by atoms with E-state index < -0.39 is 0 Å². The van der Waals surface area contributed by atoms with Gasteiger partial charge in [0.2, 0.25) is 0 Å². The van der Waals surface area contributed by atoms with Gasteiger partial charge in [0.15, 0.2) is 0 Å². The molecule has 2 aromatic rings. The zero-order chi connectivity index (χ0) is 8.67. The summed E-state index contributed by atoms with van der Waals surface area (Å²) in [4.78, 5) is 0. The predicted molar refractivity (Wildman–Crippen MR) is 55.2 cm³/mol. The fourth-order valence-corrected chi connectivity index (χ4v) is 1.74. The van der Waals surface area contributed by atoms with Crippen molar-refractivity contribution in [1.29, 1.82) is 0 Å². The van der Waals surface area contributed by atoms with Crippen LogP contribution in [0, 0.1) is 0 Å². The lowest BCUT2D eigenvalue weighted by molar-refractivity contribution is 1.35. The molecule has 0 aromatic heterocycles. The molecule has 0 radical (unpaired) electrons. The fourth-order valence-electron chi connectivity index (χ4n) is 1.74. The Bertz CT molecular complexity index is 495. The second kappa shape index (κ2) is 2.33. The molecule has 2 nitrogen and oxygen atoms in total. The van der Waals surface area contributed by atoms with Crippen LogP contribution in [0.4, 0.5) is 5.69 Å². The van der Waals surface area contributed by atoms with Gasteiger partial charge in [-0.05, 0) is 11.5 Å². The number of nitrogens with zero attached hydrogens (tertiary/aromatic N) is 1. The molecule has 0 atom stereocenters. The Kier molecular flexibility index (Phi) is 1.19. The average Bonchev–Trinajstić information content (AvgIpc) is 2.19. The van der Waals surface area contributed by atoms with E-state index in [9.17, 15) is 0 Å². The summed E-state index contributed by atoms with van der Waals surface area (Å²) in [7, 11) is 0. The molecule has 1 aliphatic heterocycles. The molecule has 1 aliphatic rings. The molecular formula is C11H8N2. The van der Waals surface area contributed by atoms with Crippen LogP contribution in [0.15, 0.2) is 41.5 Å². The fraction of sp³-hybridized carbons (Fsp3) is 0. The third-order valence-electron chi connectivity index (χ3n) is 2.33. The molecule has 13 heavy (non-hydrogen) atoms. The molecule has 62 valence electrons. The molecule has 2 aromatic carbocycles. The number of nitrogens with one attached hydrogen (secondary N) is 1. The zero-order valence-corrected chi connectivity index (χ0v) is 6.99. The second-order valence-corrected chi connectivity index (χ2v) is 3.12. The van der Waals surface area contributed by atoms with Crippen molar-refractivity contribution in [1.82, 2.24) is 0 Å². The van der Waals surface area contributed by atoms with Crippen molar-refractivity contribution in [2.45, 2.75) is 0 Å². The lowest BCUT2D eigenvalue weighted by Crippen LogP contribution is -1.99. The van der Waals surface area contributed by atoms with Crippen LogP contribution in [0.5, 0.6) is 0 Å². The smallest absolute Gasteiger partial charge is 0.0646 e. The highest BCUT2D eigenvalue weighted by atomic mass is 15.3. The van der Waals surface area contributed by atoms with Gasteiger partial charge < -0.3 is 0 Å². The van der Waals surface area contributed by atoms with Gasteiger partial charge in [0.25, 0.3) is 0 Å². The van der Waals surface area contributed by atoms with Crippen LogP contribution < -0.4 is 5.43 Å². The summed E-state index contributed by atoms with van der Waals surface area (Å²) in [5.74, 6) is 0. The molecule has 0 amide bonds. The van der Waals surface area contributed by atoms with Crippen molar-refractivity contribution in [3.8, 4) is 0 Å². The standard InChI is InChI=1S/C11H8N2/c1-3-8-4-2-6-10-11(8)9(5-1)7-12-13-10/h1-7,13H. The minimum absolute atomic E-state index is 1.09. The molecule has 0 saturated carbocycles. The number of hydrogen-bond donors (Lipinski definition) is 1. The highest BCUT2D eigenvalue weighted by Crippen LogP contribution is 2.28. The van der Waals surface area contributed by atoms with Crippen molar-refractivity contribution in [3.63, 3.8) is 0 Å².